The smallest absolute Gasteiger partial charge is 0.294 e. The molecule has 1 aliphatic heterocycles. The fraction of sp³-hybridized carbons (Fsp3) is 0.350. The van der Waals surface area contributed by atoms with Gasteiger partial charge in [-0.25, -0.2) is 9.37 Å². The average molecular weight is 446 g/mol. The normalized spacial score (nSPS) is 16.4. The molecule has 0 spiro atoms. The Labute approximate surface area is 180 Å². The lowest BCUT2D eigenvalue weighted by atomic mass is 10.1. The molecular weight excluding hydrogens is 425 g/mol. The first kappa shape index (κ1) is 21.3. The van der Waals surface area contributed by atoms with E-state index in [1.54, 1.807) is 19.3 Å². The molecule has 1 aliphatic rings. The summed E-state index contributed by atoms with van der Waals surface area (Å²) in [6.45, 7) is 1.32. The Bertz CT molecular complexity index is 1180. The van der Waals surface area contributed by atoms with Crippen LogP contribution in [0.1, 0.15) is 12.8 Å². The van der Waals surface area contributed by atoms with E-state index >= 15 is 0 Å². The van der Waals surface area contributed by atoms with Crippen molar-refractivity contribution < 1.29 is 17.9 Å². The van der Waals surface area contributed by atoms with Crippen molar-refractivity contribution in [3.63, 3.8) is 0 Å². The Balaban J connectivity index is 1.52. The molecule has 1 N–H and O–H groups in total. The summed E-state index contributed by atoms with van der Waals surface area (Å²) in [5.74, 6) is -0.194. The molecule has 164 valence electrons. The van der Waals surface area contributed by atoms with E-state index in [9.17, 15) is 17.9 Å². The quantitative estimate of drug-likeness (QED) is 0.572. The predicted octanol–water partition coefficient (Wildman–Crippen LogP) is 1.97. The average Bonchev–Trinajstić information content (AvgIpc) is 2.75. The van der Waals surface area contributed by atoms with Crippen LogP contribution >= 0.6 is 0 Å². The SMILES string of the molecule is Cn1c(=O)c(Oc2ccccc2F)cc2cnc(NC3CCN(CS(=O)[O-])CC3)nc21. The van der Waals surface area contributed by atoms with E-state index in [-0.39, 0.29) is 23.4 Å². The second-order valence-corrected chi connectivity index (χ2v) is 8.21. The van der Waals surface area contributed by atoms with E-state index in [0.29, 0.717) is 30.1 Å². The summed E-state index contributed by atoms with van der Waals surface area (Å²) < 4.78 is 42.4. The van der Waals surface area contributed by atoms with Gasteiger partial charge in [-0.15, -0.1) is 0 Å². The zero-order chi connectivity index (χ0) is 22.0. The molecule has 2 aromatic heterocycles. The monoisotopic (exact) mass is 446 g/mol. The highest BCUT2D eigenvalue weighted by atomic mass is 32.2. The number of pyridine rings is 1. The summed E-state index contributed by atoms with van der Waals surface area (Å²) in [4.78, 5) is 23.4. The molecule has 3 heterocycles. The molecule has 0 bridgehead atoms. The van der Waals surface area contributed by atoms with E-state index in [1.807, 2.05) is 4.90 Å². The fourth-order valence-electron chi connectivity index (χ4n) is 3.54. The van der Waals surface area contributed by atoms with Gasteiger partial charge in [-0.3, -0.25) is 18.5 Å². The van der Waals surface area contributed by atoms with Crippen molar-refractivity contribution >= 4 is 28.1 Å². The van der Waals surface area contributed by atoms with Gasteiger partial charge in [-0.05, 0) is 42.1 Å². The van der Waals surface area contributed by atoms with Gasteiger partial charge in [0.2, 0.25) is 5.95 Å². The minimum atomic E-state index is -2.08. The van der Waals surface area contributed by atoms with Gasteiger partial charge in [0.05, 0.1) is 5.88 Å². The van der Waals surface area contributed by atoms with Crippen LogP contribution in [0.15, 0.2) is 41.3 Å². The van der Waals surface area contributed by atoms with Gasteiger partial charge in [-0.1, -0.05) is 12.1 Å². The number of benzene rings is 1. The molecule has 31 heavy (non-hydrogen) atoms. The van der Waals surface area contributed by atoms with Crippen LogP contribution in [0.25, 0.3) is 11.0 Å². The van der Waals surface area contributed by atoms with Gasteiger partial charge in [0, 0.05) is 37.8 Å². The summed E-state index contributed by atoms with van der Waals surface area (Å²) in [6.07, 6.45) is 3.09. The maximum absolute atomic E-state index is 13.9. The molecule has 0 radical (unpaired) electrons. The van der Waals surface area contributed by atoms with Crippen LogP contribution in [0.4, 0.5) is 10.3 Å². The number of halogens is 1. The van der Waals surface area contributed by atoms with Gasteiger partial charge >= 0.3 is 0 Å². The van der Waals surface area contributed by atoms with E-state index in [0.717, 1.165) is 12.8 Å². The molecule has 3 aromatic rings. The standard InChI is InChI=1S/C20H22FN5O4S/c1-25-18-13(10-17(19(25)27)30-16-5-3-2-4-15(16)21)11-22-20(24-18)23-14-6-8-26(9-7-14)12-31(28)29/h2-5,10-11,14H,6-9,12H2,1H3,(H,28,29)(H,22,23,24)/p-1. The number of nitrogens with one attached hydrogen (secondary N) is 1. The van der Waals surface area contributed by atoms with Crippen molar-refractivity contribution in [1.82, 2.24) is 19.4 Å². The molecule has 0 aliphatic carbocycles. The van der Waals surface area contributed by atoms with Gasteiger partial charge in [0.25, 0.3) is 5.56 Å². The number of hydrogen-bond acceptors (Lipinski definition) is 8. The largest absolute Gasteiger partial charge is 0.771 e. The summed E-state index contributed by atoms with van der Waals surface area (Å²) in [6, 6.07) is 7.46. The van der Waals surface area contributed by atoms with E-state index in [4.69, 9.17) is 4.74 Å². The molecule has 1 aromatic carbocycles. The van der Waals surface area contributed by atoms with Crippen LogP contribution in [0.3, 0.4) is 0 Å². The van der Waals surface area contributed by atoms with Crippen LogP contribution in [0, 0.1) is 5.82 Å². The lowest BCUT2D eigenvalue weighted by Crippen LogP contribution is -2.40. The summed E-state index contributed by atoms with van der Waals surface area (Å²) >= 11 is -2.08. The Kier molecular flexibility index (Phi) is 6.25. The van der Waals surface area contributed by atoms with Crippen LogP contribution in [0.5, 0.6) is 11.5 Å². The zero-order valence-corrected chi connectivity index (χ0v) is 17.6. The molecule has 1 unspecified atom stereocenters. The second-order valence-electron chi connectivity index (χ2n) is 7.35. The molecule has 4 rings (SSSR count). The number of piperidine rings is 1. The number of aromatic nitrogens is 3. The fourth-order valence-corrected chi connectivity index (χ4v) is 4.10. The van der Waals surface area contributed by atoms with Crippen molar-refractivity contribution in [2.75, 3.05) is 24.3 Å². The Morgan fingerprint density at radius 3 is 2.74 bits per heavy atom. The summed E-state index contributed by atoms with van der Waals surface area (Å²) in [5, 5.41) is 3.83. The maximum Gasteiger partial charge on any atom is 0.294 e. The van der Waals surface area contributed by atoms with Crippen molar-refractivity contribution in [3.8, 4) is 11.5 Å². The maximum atomic E-state index is 13.9. The van der Waals surface area contributed by atoms with Gasteiger partial charge in [0.15, 0.2) is 17.3 Å². The highest BCUT2D eigenvalue weighted by molar-refractivity contribution is 7.79. The molecule has 0 amide bonds. The predicted molar refractivity (Wildman–Crippen MR) is 113 cm³/mol. The Morgan fingerprint density at radius 1 is 1.29 bits per heavy atom. The first-order valence-corrected chi connectivity index (χ1v) is 11.0. The van der Waals surface area contributed by atoms with Crippen LogP contribution < -0.4 is 15.6 Å². The number of fused-ring (bicyclic) bond motifs is 1. The van der Waals surface area contributed by atoms with Crippen molar-refractivity contribution in [2.45, 2.75) is 18.9 Å². The lowest BCUT2D eigenvalue weighted by molar-refractivity contribution is 0.247. The van der Waals surface area contributed by atoms with Crippen molar-refractivity contribution in [3.05, 3.63) is 52.7 Å². The van der Waals surface area contributed by atoms with E-state index < -0.39 is 22.5 Å². The number of anilines is 1. The summed E-state index contributed by atoms with van der Waals surface area (Å²) in [5.41, 5.74) is -0.0260. The number of para-hydroxylation sites is 1. The second kappa shape index (κ2) is 9.08. The Hall–Kier alpha value is -2.89. The molecule has 9 nitrogen and oxygen atoms in total. The molecular formula is C20H21FN5O4S-. The third-order valence-corrected chi connectivity index (χ3v) is 5.76. The van der Waals surface area contributed by atoms with Gasteiger partial charge in [-0.2, -0.15) is 4.98 Å². The number of hydrogen-bond donors (Lipinski definition) is 1. The van der Waals surface area contributed by atoms with Gasteiger partial charge < -0.3 is 14.6 Å². The summed E-state index contributed by atoms with van der Waals surface area (Å²) in [7, 11) is 1.57. The lowest BCUT2D eigenvalue weighted by Gasteiger charge is -2.32. The number of aryl methyl sites for hydroxylation is 1. The topological polar surface area (TPSA) is 112 Å². The zero-order valence-electron chi connectivity index (χ0n) is 16.8. The number of ether oxygens (including phenoxy) is 1. The number of rotatable bonds is 6. The molecule has 0 saturated carbocycles. The van der Waals surface area contributed by atoms with Crippen LogP contribution in [-0.2, 0) is 18.1 Å². The van der Waals surface area contributed by atoms with Crippen LogP contribution in [-0.4, -0.2) is 53.2 Å². The number of nitrogens with zero attached hydrogens (tertiary/aromatic N) is 4. The minimum Gasteiger partial charge on any atom is -0.771 e. The third kappa shape index (κ3) is 4.89. The molecule has 11 heteroatoms. The van der Waals surface area contributed by atoms with E-state index in [1.165, 1.54) is 28.8 Å². The third-order valence-electron chi connectivity index (χ3n) is 5.18. The highest BCUT2D eigenvalue weighted by Crippen LogP contribution is 2.24. The molecule has 1 fully saturated rings. The minimum absolute atomic E-state index is 0.0208. The first-order chi connectivity index (χ1) is 14.9. The number of likely N-dealkylation sites (tertiary alicyclic amines) is 1. The Morgan fingerprint density at radius 2 is 2.03 bits per heavy atom. The first-order valence-electron chi connectivity index (χ1n) is 9.74. The van der Waals surface area contributed by atoms with Gasteiger partial charge in [0.1, 0.15) is 5.65 Å². The molecule has 1 atom stereocenters. The van der Waals surface area contributed by atoms with Crippen molar-refractivity contribution in [1.29, 1.82) is 0 Å². The van der Waals surface area contributed by atoms with Crippen molar-refractivity contribution in [2.24, 2.45) is 7.05 Å². The van der Waals surface area contributed by atoms with Crippen LogP contribution in [0.2, 0.25) is 0 Å². The highest BCUT2D eigenvalue weighted by Gasteiger charge is 2.20. The molecule has 1 saturated heterocycles. The van der Waals surface area contributed by atoms with E-state index in [2.05, 4.69) is 15.3 Å².